The van der Waals surface area contributed by atoms with E-state index in [1.54, 1.807) is 0 Å². The lowest BCUT2D eigenvalue weighted by Gasteiger charge is -2.18. The first-order valence-electron chi connectivity index (χ1n) is 28.0. The Morgan fingerprint density at radius 1 is 0.312 bits per heavy atom. The molecule has 0 amide bonds. The van der Waals surface area contributed by atoms with E-state index in [2.05, 4.69) is 57.2 Å². The van der Waals surface area contributed by atoms with Gasteiger partial charge in [0.2, 0.25) is 0 Å². The monoisotopic (exact) mass is 899 g/mol. The van der Waals surface area contributed by atoms with Gasteiger partial charge in [-0.3, -0.25) is 14.4 Å². The number of rotatable bonds is 51. The smallest absolute Gasteiger partial charge is 0.306 e. The quantitative estimate of drug-likeness (QED) is 0.0262. The Hall–Kier alpha value is -2.37. The maximum absolute atomic E-state index is 12.8. The van der Waals surface area contributed by atoms with Crippen molar-refractivity contribution in [1.29, 1.82) is 0 Å². The average Bonchev–Trinajstić information content (AvgIpc) is 3.29. The van der Waals surface area contributed by atoms with Crippen LogP contribution in [0.1, 0.15) is 297 Å². The molecule has 6 heteroatoms. The van der Waals surface area contributed by atoms with E-state index in [0.29, 0.717) is 19.3 Å². The molecule has 0 aromatic carbocycles. The molecular formula is C58H106O6. The van der Waals surface area contributed by atoms with Crippen molar-refractivity contribution >= 4 is 17.9 Å². The summed E-state index contributed by atoms with van der Waals surface area (Å²) in [6.45, 7) is 6.63. The number of hydrogen-bond acceptors (Lipinski definition) is 6. The molecule has 0 spiro atoms. The Bertz CT molecular complexity index is 1080. The summed E-state index contributed by atoms with van der Waals surface area (Å²) in [4.78, 5) is 38.1. The Balaban J connectivity index is 4.34. The van der Waals surface area contributed by atoms with Crippen molar-refractivity contribution in [1.82, 2.24) is 0 Å². The molecule has 0 radical (unpaired) electrons. The summed E-state index contributed by atoms with van der Waals surface area (Å²) >= 11 is 0. The maximum Gasteiger partial charge on any atom is 0.306 e. The van der Waals surface area contributed by atoms with Crippen molar-refractivity contribution in [2.24, 2.45) is 0 Å². The van der Waals surface area contributed by atoms with Crippen molar-refractivity contribution in [3.8, 4) is 0 Å². The van der Waals surface area contributed by atoms with Crippen LogP contribution in [0.3, 0.4) is 0 Å². The molecule has 0 aromatic rings. The first-order valence-corrected chi connectivity index (χ1v) is 28.0. The van der Waals surface area contributed by atoms with E-state index in [-0.39, 0.29) is 31.1 Å². The van der Waals surface area contributed by atoms with Gasteiger partial charge in [0.05, 0.1) is 0 Å². The molecular weight excluding hydrogens is 793 g/mol. The molecule has 1 atom stereocenters. The summed E-state index contributed by atoms with van der Waals surface area (Å²) in [6.07, 6.45) is 62.7. The fraction of sp³-hybridized carbons (Fsp3) is 0.845. The Morgan fingerprint density at radius 3 is 0.906 bits per heavy atom. The number of ether oxygens (including phenoxy) is 3. The lowest BCUT2D eigenvalue weighted by atomic mass is 10.0. The van der Waals surface area contributed by atoms with Gasteiger partial charge in [0.25, 0.3) is 0 Å². The van der Waals surface area contributed by atoms with Crippen LogP contribution in [0.5, 0.6) is 0 Å². The SMILES string of the molecule is CCCCC/C=C\C/C=C\CCCCCCCCCCCC(=O)O[C@H](COC(=O)CCCCCCC/C=C\CCCCCCCC)COC(=O)CCCCCCCCCCCCCC. The minimum atomic E-state index is -0.774. The second-order valence-electron chi connectivity index (χ2n) is 18.8. The molecule has 0 aliphatic heterocycles. The second kappa shape index (κ2) is 53.2. The molecule has 64 heavy (non-hydrogen) atoms. The van der Waals surface area contributed by atoms with E-state index in [9.17, 15) is 14.4 Å². The van der Waals surface area contributed by atoms with E-state index < -0.39 is 6.10 Å². The van der Waals surface area contributed by atoms with Crippen LogP contribution >= 0.6 is 0 Å². The van der Waals surface area contributed by atoms with Gasteiger partial charge in [-0.2, -0.15) is 0 Å². The van der Waals surface area contributed by atoms with Crippen molar-refractivity contribution in [3.05, 3.63) is 36.5 Å². The van der Waals surface area contributed by atoms with Crippen LogP contribution in [0.2, 0.25) is 0 Å². The minimum absolute atomic E-state index is 0.0731. The molecule has 0 heterocycles. The first-order chi connectivity index (χ1) is 31.5. The van der Waals surface area contributed by atoms with E-state index in [4.69, 9.17) is 14.2 Å². The highest BCUT2D eigenvalue weighted by Gasteiger charge is 2.19. The van der Waals surface area contributed by atoms with Gasteiger partial charge in [0, 0.05) is 19.3 Å². The predicted octanol–water partition coefficient (Wildman–Crippen LogP) is 18.5. The summed E-state index contributed by atoms with van der Waals surface area (Å²) < 4.78 is 16.8. The van der Waals surface area contributed by atoms with Crippen molar-refractivity contribution in [2.75, 3.05) is 13.2 Å². The minimum Gasteiger partial charge on any atom is -0.462 e. The van der Waals surface area contributed by atoms with Gasteiger partial charge in [0.15, 0.2) is 6.10 Å². The van der Waals surface area contributed by atoms with Gasteiger partial charge in [-0.15, -0.1) is 0 Å². The standard InChI is InChI=1S/C58H106O6/c1-4-7-10-13-16-19-22-25-27-28-29-30-32-34-37-40-43-46-49-52-58(61)64-55(53-62-56(59)50-47-44-41-38-35-24-21-18-15-12-9-6-3)54-63-57(60)51-48-45-42-39-36-33-31-26-23-20-17-14-11-8-5-2/h16,19,25-27,31,55H,4-15,17-18,20-24,28-30,32-54H2,1-3H3/b19-16-,27-25-,31-26-/t55-/m0/s1. The van der Waals surface area contributed by atoms with Gasteiger partial charge in [0.1, 0.15) is 13.2 Å². The summed E-state index contributed by atoms with van der Waals surface area (Å²) in [6, 6.07) is 0. The summed E-state index contributed by atoms with van der Waals surface area (Å²) in [5.74, 6) is -0.872. The van der Waals surface area contributed by atoms with Crippen LogP contribution in [-0.4, -0.2) is 37.2 Å². The van der Waals surface area contributed by atoms with Crippen LogP contribution in [-0.2, 0) is 28.6 Å². The molecule has 0 rings (SSSR count). The molecule has 0 fully saturated rings. The molecule has 0 aliphatic rings. The van der Waals surface area contributed by atoms with Gasteiger partial charge in [-0.1, -0.05) is 237 Å². The molecule has 0 unspecified atom stereocenters. The van der Waals surface area contributed by atoms with Crippen LogP contribution in [0, 0.1) is 0 Å². The number of carbonyl (C=O) groups excluding carboxylic acids is 3. The number of unbranched alkanes of at least 4 members (excludes halogenated alkanes) is 34. The van der Waals surface area contributed by atoms with Crippen LogP contribution in [0.15, 0.2) is 36.5 Å². The van der Waals surface area contributed by atoms with E-state index in [1.807, 2.05) is 0 Å². The number of carbonyl (C=O) groups is 3. The molecule has 6 nitrogen and oxygen atoms in total. The molecule has 0 aromatic heterocycles. The summed E-state index contributed by atoms with van der Waals surface area (Å²) in [7, 11) is 0. The molecule has 374 valence electrons. The van der Waals surface area contributed by atoms with Crippen LogP contribution in [0.25, 0.3) is 0 Å². The fourth-order valence-electron chi connectivity index (χ4n) is 8.12. The van der Waals surface area contributed by atoms with E-state index >= 15 is 0 Å². The number of esters is 3. The third-order valence-electron chi connectivity index (χ3n) is 12.4. The lowest BCUT2D eigenvalue weighted by molar-refractivity contribution is -0.167. The Morgan fingerprint density at radius 2 is 0.562 bits per heavy atom. The Kier molecular flexibility index (Phi) is 51.3. The molecule has 0 aliphatic carbocycles. The van der Waals surface area contributed by atoms with Gasteiger partial charge in [-0.05, 0) is 77.0 Å². The van der Waals surface area contributed by atoms with Gasteiger partial charge < -0.3 is 14.2 Å². The highest BCUT2D eigenvalue weighted by Crippen LogP contribution is 2.16. The third kappa shape index (κ3) is 50.6. The first kappa shape index (κ1) is 61.6. The van der Waals surface area contributed by atoms with Crippen molar-refractivity contribution < 1.29 is 28.6 Å². The zero-order valence-electron chi connectivity index (χ0n) is 42.8. The van der Waals surface area contributed by atoms with E-state index in [1.165, 1.54) is 186 Å². The number of hydrogen-bond donors (Lipinski definition) is 0. The molecule has 0 saturated carbocycles. The lowest BCUT2D eigenvalue weighted by Crippen LogP contribution is -2.30. The van der Waals surface area contributed by atoms with Crippen molar-refractivity contribution in [3.63, 3.8) is 0 Å². The fourth-order valence-corrected chi connectivity index (χ4v) is 8.12. The zero-order chi connectivity index (χ0) is 46.5. The van der Waals surface area contributed by atoms with Gasteiger partial charge in [-0.25, -0.2) is 0 Å². The van der Waals surface area contributed by atoms with Gasteiger partial charge >= 0.3 is 17.9 Å². The zero-order valence-corrected chi connectivity index (χ0v) is 42.8. The molecule has 0 bridgehead atoms. The second-order valence-corrected chi connectivity index (χ2v) is 18.8. The average molecular weight is 899 g/mol. The molecule has 0 N–H and O–H groups in total. The normalized spacial score (nSPS) is 12.2. The maximum atomic E-state index is 12.8. The summed E-state index contributed by atoms with van der Waals surface area (Å²) in [5.41, 5.74) is 0. The predicted molar refractivity (Wildman–Crippen MR) is 275 cm³/mol. The van der Waals surface area contributed by atoms with Crippen LogP contribution < -0.4 is 0 Å². The Labute approximate surface area is 397 Å². The van der Waals surface area contributed by atoms with Crippen molar-refractivity contribution in [2.45, 2.75) is 303 Å². The van der Waals surface area contributed by atoms with Crippen LogP contribution in [0.4, 0.5) is 0 Å². The van der Waals surface area contributed by atoms with E-state index in [0.717, 1.165) is 70.6 Å². The highest BCUT2D eigenvalue weighted by molar-refractivity contribution is 5.71. The summed E-state index contributed by atoms with van der Waals surface area (Å²) in [5, 5.41) is 0. The molecule has 0 saturated heterocycles. The number of allylic oxidation sites excluding steroid dienone is 6. The highest BCUT2D eigenvalue weighted by atomic mass is 16.6. The largest absolute Gasteiger partial charge is 0.462 e. The third-order valence-corrected chi connectivity index (χ3v) is 12.4. The topological polar surface area (TPSA) is 78.9 Å².